The summed E-state index contributed by atoms with van der Waals surface area (Å²) in [5, 5.41) is 0.446. The molecule has 3 N–H and O–H groups in total. The molecule has 1 aromatic heterocycles. The number of anilines is 1. The normalized spacial score (nSPS) is 10.3. The van der Waals surface area contributed by atoms with Crippen LogP contribution in [0.3, 0.4) is 0 Å². The van der Waals surface area contributed by atoms with Gasteiger partial charge in [0, 0.05) is 6.07 Å². The lowest BCUT2D eigenvalue weighted by Crippen LogP contribution is -2.10. The summed E-state index contributed by atoms with van der Waals surface area (Å²) in [7, 11) is 0. The first kappa shape index (κ1) is 13.9. The van der Waals surface area contributed by atoms with Crippen molar-refractivity contribution in [1.82, 2.24) is 4.98 Å². The summed E-state index contributed by atoms with van der Waals surface area (Å²) < 4.78 is 18.4. The minimum atomic E-state index is -0.500. The topological polar surface area (TPSA) is 60.2 Å². The Labute approximate surface area is 119 Å². The first-order chi connectivity index (χ1) is 9.10. The Bertz CT molecular complexity index is 595. The number of nitrogens with one attached hydrogen (secondary N) is 1. The molecule has 4 nitrogen and oxygen atoms in total. The van der Waals surface area contributed by atoms with Crippen LogP contribution in [-0.4, -0.2) is 4.98 Å². The minimum Gasteiger partial charge on any atom is -0.487 e. The molecule has 0 radical (unpaired) electrons. The fourth-order valence-corrected chi connectivity index (χ4v) is 1.71. The van der Waals surface area contributed by atoms with Crippen molar-refractivity contribution in [3.05, 3.63) is 51.9 Å². The number of nitrogens with zero attached hydrogens (tertiary/aromatic N) is 1. The molecule has 0 atom stereocenters. The van der Waals surface area contributed by atoms with Crippen LogP contribution in [0.25, 0.3) is 0 Å². The summed E-state index contributed by atoms with van der Waals surface area (Å²) in [6.07, 6.45) is 0. The Morgan fingerprint density at radius 3 is 2.68 bits per heavy atom. The van der Waals surface area contributed by atoms with Gasteiger partial charge in [0.2, 0.25) is 0 Å². The fraction of sp³-hybridized carbons (Fsp3) is 0.0833. The maximum Gasteiger partial charge on any atom is 0.142 e. The second-order valence-electron chi connectivity index (χ2n) is 3.63. The van der Waals surface area contributed by atoms with Gasteiger partial charge in [-0.3, -0.25) is 0 Å². The second kappa shape index (κ2) is 6.06. The lowest BCUT2D eigenvalue weighted by Gasteiger charge is -2.09. The van der Waals surface area contributed by atoms with E-state index in [4.69, 9.17) is 33.8 Å². The van der Waals surface area contributed by atoms with E-state index in [0.717, 1.165) is 0 Å². The first-order valence-electron chi connectivity index (χ1n) is 5.30. The van der Waals surface area contributed by atoms with E-state index in [1.54, 1.807) is 12.1 Å². The molecular weight excluding hydrogens is 292 g/mol. The summed E-state index contributed by atoms with van der Waals surface area (Å²) in [6.45, 7) is 0.121. The van der Waals surface area contributed by atoms with Crippen molar-refractivity contribution in [2.45, 2.75) is 6.61 Å². The van der Waals surface area contributed by atoms with E-state index in [2.05, 4.69) is 10.4 Å². The zero-order valence-electron chi connectivity index (χ0n) is 9.66. The van der Waals surface area contributed by atoms with Crippen molar-refractivity contribution in [3.63, 3.8) is 0 Å². The molecule has 0 aliphatic rings. The van der Waals surface area contributed by atoms with Crippen LogP contribution in [0.2, 0.25) is 10.0 Å². The molecule has 0 bridgehead atoms. The number of ether oxygens (including phenoxy) is 1. The summed E-state index contributed by atoms with van der Waals surface area (Å²) >= 11 is 11.6. The van der Waals surface area contributed by atoms with Crippen LogP contribution in [0.5, 0.6) is 5.75 Å². The number of halogens is 3. The molecule has 0 fully saturated rings. The van der Waals surface area contributed by atoms with Crippen LogP contribution in [0, 0.1) is 5.82 Å². The number of hydrogen-bond donors (Lipinski definition) is 2. The Balaban J connectivity index is 2.11. The highest BCUT2D eigenvalue weighted by molar-refractivity contribution is 6.31. The molecule has 1 aromatic carbocycles. The lowest BCUT2D eigenvalue weighted by molar-refractivity contribution is 0.301. The van der Waals surface area contributed by atoms with Gasteiger partial charge in [-0.1, -0.05) is 23.2 Å². The smallest absolute Gasteiger partial charge is 0.142 e. The molecular formula is C12H10Cl2FN3O. The largest absolute Gasteiger partial charge is 0.487 e. The van der Waals surface area contributed by atoms with Gasteiger partial charge in [0.25, 0.3) is 0 Å². The Morgan fingerprint density at radius 2 is 2.00 bits per heavy atom. The maximum atomic E-state index is 13.0. The van der Waals surface area contributed by atoms with E-state index < -0.39 is 5.82 Å². The predicted molar refractivity (Wildman–Crippen MR) is 72.8 cm³/mol. The van der Waals surface area contributed by atoms with Crippen molar-refractivity contribution in [2.75, 3.05) is 5.43 Å². The number of hydrogen-bond acceptors (Lipinski definition) is 4. The van der Waals surface area contributed by atoms with Crippen LogP contribution in [0.4, 0.5) is 10.2 Å². The van der Waals surface area contributed by atoms with Gasteiger partial charge in [0.15, 0.2) is 0 Å². The molecule has 1 heterocycles. The maximum absolute atomic E-state index is 13.0. The summed E-state index contributed by atoms with van der Waals surface area (Å²) in [5.41, 5.74) is 2.92. The van der Waals surface area contributed by atoms with Gasteiger partial charge in [-0.25, -0.2) is 15.2 Å². The fourth-order valence-electron chi connectivity index (χ4n) is 1.38. The van der Waals surface area contributed by atoms with Crippen LogP contribution < -0.4 is 16.0 Å². The summed E-state index contributed by atoms with van der Waals surface area (Å²) in [6, 6.07) is 7.38. The summed E-state index contributed by atoms with van der Waals surface area (Å²) in [4.78, 5) is 4.15. The second-order valence-corrected chi connectivity index (χ2v) is 4.45. The number of hydrazine groups is 1. The van der Waals surface area contributed by atoms with Crippen molar-refractivity contribution in [1.29, 1.82) is 0 Å². The van der Waals surface area contributed by atoms with Crippen molar-refractivity contribution in [3.8, 4) is 5.75 Å². The Kier molecular flexibility index (Phi) is 4.42. The molecule has 100 valence electrons. The molecule has 0 unspecified atom stereocenters. The van der Waals surface area contributed by atoms with E-state index in [0.29, 0.717) is 22.3 Å². The van der Waals surface area contributed by atoms with Crippen molar-refractivity contribution < 1.29 is 9.13 Å². The number of nitrogens with two attached hydrogens (primary N) is 1. The first-order valence-corrected chi connectivity index (χ1v) is 6.05. The molecule has 0 spiro atoms. The van der Waals surface area contributed by atoms with E-state index >= 15 is 0 Å². The highest BCUT2D eigenvalue weighted by Crippen LogP contribution is 2.23. The molecule has 0 saturated heterocycles. The monoisotopic (exact) mass is 301 g/mol. The number of benzene rings is 1. The SMILES string of the molecule is NNc1ccc(Cl)c(COc2ccc(F)c(Cl)c2)n1. The zero-order valence-corrected chi connectivity index (χ0v) is 11.2. The van der Waals surface area contributed by atoms with Crippen LogP contribution >= 0.6 is 23.2 Å². The van der Waals surface area contributed by atoms with Gasteiger partial charge in [0.05, 0.1) is 15.7 Å². The van der Waals surface area contributed by atoms with Gasteiger partial charge >= 0.3 is 0 Å². The third-order valence-corrected chi connectivity index (χ3v) is 2.97. The van der Waals surface area contributed by atoms with E-state index in [1.807, 2.05) is 0 Å². The lowest BCUT2D eigenvalue weighted by atomic mass is 10.3. The average molecular weight is 302 g/mol. The van der Waals surface area contributed by atoms with Gasteiger partial charge in [0.1, 0.15) is 24.0 Å². The number of pyridine rings is 1. The molecule has 0 aliphatic heterocycles. The molecule has 7 heteroatoms. The average Bonchev–Trinajstić information content (AvgIpc) is 2.41. The van der Waals surface area contributed by atoms with E-state index in [9.17, 15) is 4.39 Å². The quantitative estimate of drug-likeness (QED) is 0.671. The van der Waals surface area contributed by atoms with Crippen LogP contribution in [0.15, 0.2) is 30.3 Å². The number of rotatable bonds is 4. The zero-order chi connectivity index (χ0) is 13.8. The molecule has 2 rings (SSSR count). The molecule has 19 heavy (non-hydrogen) atoms. The highest BCUT2D eigenvalue weighted by Gasteiger charge is 2.06. The summed E-state index contributed by atoms with van der Waals surface area (Å²) in [5.74, 6) is 5.66. The molecule has 0 amide bonds. The van der Waals surface area contributed by atoms with Crippen LogP contribution in [-0.2, 0) is 6.61 Å². The highest BCUT2D eigenvalue weighted by atomic mass is 35.5. The van der Waals surface area contributed by atoms with E-state index in [1.165, 1.54) is 18.2 Å². The standard InChI is InChI=1S/C12H10Cl2FN3O/c13-8-2-4-12(18-16)17-11(8)6-19-7-1-3-10(15)9(14)5-7/h1-5H,6,16H2,(H,17,18). The van der Waals surface area contributed by atoms with Crippen molar-refractivity contribution >= 4 is 29.0 Å². The van der Waals surface area contributed by atoms with Gasteiger partial charge in [-0.05, 0) is 24.3 Å². The number of nitrogen functional groups attached to an aromatic ring is 1. The third-order valence-electron chi connectivity index (χ3n) is 2.33. The van der Waals surface area contributed by atoms with Gasteiger partial charge in [-0.2, -0.15) is 0 Å². The molecule has 2 aromatic rings. The molecule has 0 aliphatic carbocycles. The molecule has 0 saturated carbocycles. The van der Waals surface area contributed by atoms with E-state index in [-0.39, 0.29) is 11.6 Å². The predicted octanol–water partition coefficient (Wildman–Crippen LogP) is 3.39. The van der Waals surface area contributed by atoms with Crippen molar-refractivity contribution in [2.24, 2.45) is 5.84 Å². The number of aromatic nitrogens is 1. The van der Waals surface area contributed by atoms with Gasteiger partial charge in [-0.15, -0.1) is 0 Å². The van der Waals surface area contributed by atoms with Gasteiger partial charge < -0.3 is 10.2 Å². The minimum absolute atomic E-state index is 0.00562. The Hall–Kier alpha value is -1.56. The van der Waals surface area contributed by atoms with Crippen LogP contribution in [0.1, 0.15) is 5.69 Å². The third kappa shape index (κ3) is 3.47. The Morgan fingerprint density at radius 1 is 1.21 bits per heavy atom.